The van der Waals surface area contributed by atoms with Gasteiger partial charge in [0.25, 0.3) is 0 Å². The van der Waals surface area contributed by atoms with Crippen LogP contribution < -0.4 is 10.1 Å². The molecule has 2 nitrogen and oxygen atoms in total. The maximum Gasteiger partial charge on any atom is 0.120 e. The SMILES string of the molecule is CNC(c1cc(C)cc(Br)c1)c1ccc(OC)cc1Br. The third-order valence-corrected chi connectivity index (χ3v) is 4.35. The van der Waals surface area contributed by atoms with Crippen LogP contribution in [0.15, 0.2) is 45.3 Å². The lowest BCUT2D eigenvalue weighted by atomic mass is 9.97. The second-order valence-electron chi connectivity index (χ2n) is 4.67. The Labute approximate surface area is 136 Å². The fourth-order valence-electron chi connectivity index (χ4n) is 2.30. The first-order valence-electron chi connectivity index (χ1n) is 6.33. The number of methoxy groups -OCH3 is 1. The summed E-state index contributed by atoms with van der Waals surface area (Å²) in [6.45, 7) is 2.10. The highest BCUT2D eigenvalue weighted by molar-refractivity contribution is 9.10. The van der Waals surface area contributed by atoms with E-state index in [2.05, 4.69) is 68.4 Å². The maximum atomic E-state index is 5.25. The van der Waals surface area contributed by atoms with Crippen LogP contribution in [-0.4, -0.2) is 14.2 Å². The first-order chi connectivity index (χ1) is 9.55. The smallest absolute Gasteiger partial charge is 0.120 e. The average molecular weight is 399 g/mol. The van der Waals surface area contributed by atoms with Crippen LogP contribution in [0, 0.1) is 6.92 Å². The van der Waals surface area contributed by atoms with E-state index in [1.54, 1.807) is 7.11 Å². The minimum absolute atomic E-state index is 0.131. The van der Waals surface area contributed by atoms with E-state index < -0.39 is 0 Å². The van der Waals surface area contributed by atoms with Gasteiger partial charge >= 0.3 is 0 Å². The standard InChI is InChI=1S/C16H17Br2NO/c1-10-6-11(8-12(17)7-10)16(19-2)14-5-4-13(20-3)9-15(14)18/h4-9,16,19H,1-3H3. The van der Waals surface area contributed by atoms with Gasteiger partial charge in [0, 0.05) is 8.95 Å². The van der Waals surface area contributed by atoms with Crippen molar-refractivity contribution >= 4 is 31.9 Å². The molecule has 4 heteroatoms. The number of hydrogen-bond donors (Lipinski definition) is 1. The van der Waals surface area contributed by atoms with Gasteiger partial charge in [0.15, 0.2) is 0 Å². The molecule has 2 rings (SSSR count). The summed E-state index contributed by atoms with van der Waals surface area (Å²) in [5, 5.41) is 3.38. The topological polar surface area (TPSA) is 21.3 Å². The van der Waals surface area contributed by atoms with E-state index in [-0.39, 0.29) is 6.04 Å². The third-order valence-electron chi connectivity index (χ3n) is 3.21. The molecule has 1 atom stereocenters. The van der Waals surface area contributed by atoms with Gasteiger partial charge in [-0.3, -0.25) is 0 Å². The van der Waals surface area contributed by atoms with Crippen LogP contribution in [0.5, 0.6) is 5.75 Å². The molecule has 0 fully saturated rings. The Morgan fingerprint density at radius 1 is 1.10 bits per heavy atom. The lowest BCUT2D eigenvalue weighted by Gasteiger charge is -2.20. The molecule has 0 aliphatic rings. The Balaban J connectivity index is 2.46. The number of rotatable bonds is 4. The van der Waals surface area contributed by atoms with Crippen molar-refractivity contribution in [2.75, 3.05) is 14.2 Å². The molecule has 0 radical (unpaired) electrons. The highest BCUT2D eigenvalue weighted by Gasteiger charge is 2.16. The summed E-state index contributed by atoms with van der Waals surface area (Å²) in [7, 11) is 3.65. The van der Waals surface area contributed by atoms with Gasteiger partial charge in [0.1, 0.15) is 5.75 Å². The minimum atomic E-state index is 0.131. The molecule has 0 aliphatic carbocycles. The molecule has 106 valence electrons. The number of benzene rings is 2. The van der Waals surface area contributed by atoms with E-state index >= 15 is 0 Å². The van der Waals surface area contributed by atoms with E-state index in [0.29, 0.717) is 0 Å². The first kappa shape index (κ1) is 15.5. The van der Waals surface area contributed by atoms with E-state index in [1.165, 1.54) is 16.7 Å². The third kappa shape index (κ3) is 3.43. The summed E-state index contributed by atoms with van der Waals surface area (Å²) in [6, 6.07) is 12.6. The highest BCUT2D eigenvalue weighted by Crippen LogP contribution is 2.32. The monoisotopic (exact) mass is 397 g/mol. The fraction of sp³-hybridized carbons (Fsp3) is 0.250. The molecule has 2 aromatic rings. The Morgan fingerprint density at radius 3 is 2.40 bits per heavy atom. The molecular formula is C16H17Br2NO. The maximum absolute atomic E-state index is 5.25. The van der Waals surface area contributed by atoms with Crippen LogP contribution in [0.1, 0.15) is 22.7 Å². The Bertz CT molecular complexity index is 593. The zero-order valence-corrected chi connectivity index (χ0v) is 14.9. The molecule has 0 spiro atoms. The van der Waals surface area contributed by atoms with Gasteiger partial charge in [-0.2, -0.15) is 0 Å². The van der Waals surface area contributed by atoms with E-state index in [1.807, 2.05) is 19.2 Å². The van der Waals surface area contributed by atoms with Gasteiger partial charge in [0.05, 0.1) is 13.2 Å². The van der Waals surface area contributed by atoms with Crippen LogP contribution in [0.25, 0.3) is 0 Å². The van der Waals surface area contributed by atoms with Crippen molar-refractivity contribution in [2.24, 2.45) is 0 Å². The van der Waals surface area contributed by atoms with Crippen molar-refractivity contribution in [1.82, 2.24) is 5.32 Å². The molecule has 0 bridgehead atoms. The van der Waals surface area contributed by atoms with Gasteiger partial charge in [-0.05, 0) is 54.9 Å². The van der Waals surface area contributed by atoms with E-state index in [4.69, 9.17) is 4.74 Å². The molecule has 0 saturated heterocycles. The number of aryl methyl sites for hydroxylation is 1. The molecule has 1 N–H and O–H groups in total. The molecule has 0 aliphatic heterocycles. The largest absolute Gasteiger partial charge is 0.497 e. The fourth-order valence-corrected chi connectivity index (χ4v) is 3.51. The summed E-state index contributed by atoms with van der Waals surface area (Å²) in [6.07, 6.45) is 0. The van der Waals surface area contributed by atoms with Crippen molar-refractivity contribution in [2.45, 2.75) is 13.0 Å². The van der Waals surface area contributed by atoms with Gasteiger partial charge in [-0.1, -0.05) is 44.0 Å². The van der Waals surface area contributed by atoms with Gasteiger partial charge in [0.2, 0.25) is 0 Å². The van der Waals surface area contributed by atoms with Gasteiger partial charge in [-0.15, -0.1) is 0 Å². The second-order valence-corrected chi connectivity index (χ2v) is 6.44. The molecule has 0 aromatic heterocycles. The highest BCUT2D eigenvalue weighted by atomic mass is 79.9. The Kier molecular flexibility index (Phi) is 5.24. The summed E-state index contributed by atoms with van der Waals surface area (Å²) in [4.78, 5) is 0. The van der Waals surface area contributed by atoms with Crippen molar-refractivity contribution in [3.05, 3.63) is 62.0 Å². The molecule has 20 heavy (non-hydrogen) atoms. The number of ether oxygens (including phenoxy) is 1. The molecule has 1 unspecified atom stereocenters. The van der Waals surface area contributed by atoms with Crippen LogP contribution in [0.4, 0.5) is 0 Å². The zero-order valence-electron chi connectivity index (χ0n) is 11.7. The second kappa shape index (κ2) is 6.74. The Morgan fingerprint density at radius 2 is 1.85 bits per heavy atom. The number of nitrogens with one attached hydrogen (secondary N) is 1. The number of halogens is 2. The van der Waals surface area contributed by atoms with E-state index in [0.717, 1.165) is 14.7 Å². The molecule has 0 heterocycles. The molecular weight excluding hydrogens is 382 g/mol. The van der Waals surface area contributed by atoms with Gasteiger partial charge in [-0.25, -0.2) is 0 Å². The van der Waals surface area contributed by atoms with Crippen LogP contribution >= 0.6 is 31.9 Å². The summed E-state index contributed by atoms with van der Waals surface area (Å²) in [5.74, 6) is 0.848. The van der Waals surface area contributed by atoms with Crippen LogP contribution in [0.2, 0.25) is 0 Å². The van der Waals surface area contributed by atoms with Crippen LogP contribution in [-0.2, 0) is 0 Å². The zero-order chi connectivity index (χ0) is 14.7. The van der Waals surface area contributed by atoms with Crippen LogP contribution in [0.3, 0.4) is 0 Å². The quantitative estimate of drug-likeness (QED) is 0.795. The Hall–Kier alpha value is -0.840. The first-order valence-corrected chi connectivity index (χ1v) is 7.91. The van der Waals surface area contributed by atoms with Crippen molar-refractivity contribution in [3.63, 3.8) is 0 Å². The molecule has 0 saturated carbocycles. The minimum Gasteiger partial charge on any atom is -0.497 e. The molecule has 2 aromatic carbocycles. The number of hydrogen-bond acceptors (Lipinski definition) is 2. The normalized spacial score (nSPS) is 12.2. The lowest BCUT2D eigenvalue weighted by molar-refractivity contribution is 0.414. The lowest BCUT2D eigenvalue weighted by Crippen LogP contribution is -2.18. The van der Waals surface area contributed by atoms with Crippen molar-refractivity contribution in [3.8, 4) is 5.75 Å². The average Bonchev–Trinajstić information content (AvgIpc) is 2.40. The van der Waals surface area contributed by atoms with Gasteiger partial charge < -0.3 is 10.1 Å². The molecule has 0 amide bonds. The van der Waals surface area contributed by atoms with E-state index in [9.17, 15) is 0 Å². The van der Waals surface area contributed by atoms with Crippen molar-refractivity contribution in [1.29, 1.82) is 0 Å². The summed E-state index contributed by atoms with van der Waals surface area (Å²) >= 11 is 7.20. The summed E-state index contributed by atoms with van der Waals surface area (Å²) in [5.41, 5.74) is 3.65. The van der Waals surface area contributed by atoms with Crippen molar-refractivity contribution < 1.29 is 4.74 Å². The predicted molar refractivity (Wildman–Crippen MR) is 90.5 cm³/mol. The summed E-state index contributed by atoms with van der Waals surface area (Å²) < 4.78 is 7.38. The predicted octanol–water partition coefficient (Wildman–Crippen LogP) is 4.84.